The number of hydrogen-bond donors (Lipinski definition) is 2. The molecule has 2 rings (SSSR count). The summed E-state index contributed by atoms with van der Waals surface area (Å²) in [4.78, 5) is 0. The number of rotatable bonds is 5. The van der Waals surface area contributed by atoms with Crippen molar-refractivity contribution in [2.75, 3.05) is 14.2 Å². The van der Waals surface area contributed by atoms with Crippen molar-refractivity contribution in [1.82, 2.24) is 10.6 Å². The standard InChI is InChI=1S/C18H29ClN2O2/c1-17(2)9-13(10-18(3,4)21-17)20-11-12-7-14(19)16(23-6)15(8-12)22-5/h7-8,13,20-21H,9-11H2,1-6H3. The molecule has 2 N–H and O–H groups in total. The van der Waals surface area contributed by atoms with Crippen LogP contribution in [-0.2, 0) is 6.54 Å². The first kappa shape index (κ1) is 18.4. The van der Waals surface area contributed by atoms with Crippen molar-refractivity contribution in [3.05, 3.63) is 22.7 Å². The summed E-state index contributed by atoms with van der Waals surface area (Å²) < 4.78 is 10.7. The predicted molar refractivity (Wildman–Crippen MR) is 95.7 cm³/mol. The topological polar surface area (TPSA) is 42.5 Å². The SMILES string of the molecule is COc1cc(CNC2CC(C)(C)NC(C)(C)C2)cc(Cl)c1OC. The van der Waals surface area contributed by atoms with Crippen LogP contribution in [0.15, 0.2) is 12.1 Å². The van der Waals surface area contributed by atoms with Crippen molar-refractivity contribution in [3.8, 4) is 11.5 Å². The quantitative estimate of drug-likeness (QED) is 0.856. The Labute approximate surface area is 144 Å². The van der Waals surface area contributed by atoms with E-state index in [0.717, 1.165) is 24.9 Å². The maximum absolute atomic E-state index is 6.28. The van der Waals surface area contributed by atoms with Gasteiger partial charge in [0.15, 0.2) is 11.5 Å². The lowest BCUT2D eigenvalue weighted by Crippen LogP contribution is -2.61. The van der Waals surface area contributed by atoms with Crippen LogP contribution in [0.4, 0.5) is 0 Å². The van der Waals surface area contributed by atoms with Gasteiger partial charge in [-0.3, -0.25) is 0 Å². The van der Waals surface area contributed by atoms with E-state index in [0.29, 0.717) is 22.6 Å². The molecule has 0 atom stereocenters. The van der Waals surface area contributed by atoms with E-state index in [2.05, 4.69) is 38.3 Å². The molecule has 1 aliphatic rings. The molecular weight excluding hydrogens is 312 g/mol. The van der Waals surface area contributed by atoms with Crippen LogP contribution in [0.25, 0.3) is 0 Å². The van der Waals surface area contributed by atoms with Crippen LogP contribution in [0.5, 0.6) is 11.5 Å². The second-order valence-electron chi connectivity index (χ2n) is 7.69. The second-order valence-corrected chi connectivity index (χ2v) is 8.10. The molecule has 0 unspecified atom stereocenters. The first-order valence-corrected chi connectivity index (χ1v) is 8.47. The van der Waals surface area contributed by atoms with Crippen LogP contribution >= 0.6 is 11.6 Å². The minimum Gasteiger partial charge on any atom is -0.493 e. The van der Waals surface area contributed by atoms with Crippen LogP contribution in [0.1, 0.15) is 46.1 Å². The van der Waals surface area contributed by atoms with Crippen molar-refractivity contribution in [3.63, 3.8) is 0 Å². The van der Waals surface area contributed by atoms with Gasteiger partial charge < -0.3 is 20.1 Å². The highest BCUT2D eigenvalue weighted by molar-refractivity contribution is 6.32. The summed E-state index contributed by atoms with van der Waals surface area (Å²) in [5.41, 5.74) is 1.37. The Balaban J connectivity index is 2.07. The molecule has 1 saturated heterocycles. The van der Waals surface area contributed by atoms with Crippen LogP contribution in [0.2, 0.25) is 5.02 Å². The fourth-order valence-electron chi connectivity index (χ4n) is 3.80. The van der Waals surface area contributed by atoms with Gasteiger partial charge in [-0.15, -0.1) is 0 Å². The lowest BCUT2D eigenvalue weighted by molar-refractivity contribution is 0.145. The highest BCUT2D eigenvalue weighted by Crippen LogP contribution is 2.36. The average Bonchev–Trinajstić information content (AvgIpc) is 2.41. The van der Waals surface area contributed by atoms with Gasteiger partial charge in [-0.2, -0.15) is 0 Å². The van der Waals surface area contributed by atoms with Gasteiger partial charge in [0.1, 0.15) is 0 Å². The fourth-order valence-corrected chi connectivity index (χ4v) is 4.11. The highest BCUT2D eigenvalue weighted by atomic mass is 35.5. The van der Waals surface area contributed by atoms with Gasteiger partial charge in [0.2, 0.25) is 0 Å². The van der Waals surface area contributed by atoms with Crippen molar-refractivity contribution >= 4 is 11.6 Å². The normalized spacial score (nSPS) is 20.3. The summed E-state index contributed by atoms with van der Waals surface area (Å²) in [6.45, 7) is 9.80. The zero-order chi connectivity index (χ0) is 17.3. The van der Waals surface area contributed by atoms with E-state index >= 15 is 0 Å². The van der Waals surface area contributed by atoms with Crippen molar-refractivity contribution in [2.24, 2.45) is 0 Å². The molecule has 0 spiro atoms. The summed E-state index contributed by atoms with van der Waals surface area (Å²) in [6.07, 6.45) is 2.19. The lowest BCUT2D eigenvalue weighted by atomic mass is 9.79. The number of piperidine rings is 1. The van der Waals surface area contributed by atoms with Gasteiger partial charge in [-0.25, -0.2) is 0 Å². The minimum atomic E-state index is 0.134. The predicted octanol–water partition coefficient (Wildman–Crippen LogP) is 3.76. The molecule has 4 nitrogen and oxygen atoms in total. The number of methoxy groups -OCH3 is 2. The Morgan fingerprint density at radius 1 is 1.13 bits per heavy atom. The van der Waals surface area contributed by atoms with Crippen molar-refractivity contribution < 1.29 is 9.47 Å². The highest BCUT2D eigenvalue weighted by Gasteiger charge is 2.37. The van der Waals surface area contributed by atoms with Crippen molar-refractivity contribution in [2.45, 2.75) is 64.2 Å². The first-order valence-electron chi connectivity index (χ1n) is 8.09. The molecule has 5 heteroatoms. The Morgan fingerprint density at radius 2 is 1.74 bits per heavy atom. The molecule has 0 bridgehead atoms. The third-order valence-corrected chi connectivity index (χ3v) is 4.56. The maximum atomic E-state index is 6.28. The fraction of sp³-hybridized carbons (Fsp3) is 0.667. The van der Waals surface area contributed by atoms with Gasteiger partial charge in [0, 0.05) is 23.7 Å². The zero-order valence-corrected chi connectivity index (χ0v) is 15.8. The van der Waals surface area contributed by atoms with E-state index in [-0.39, 0.29) is 11.1 Å². The number of ether oxygens (including phenoxy) is 2. The summed E-state index contributed by atoms with van der Waals surface area (Å²) in [5.74, 6) is 1.25. The van der Waals surface area contributed by atoms with E-state index in [1.54, 1.807) is 14.2 Å². The van der Waals surface area contributed by atoms with Gasteiger partial charge in [-0.05, 0) is 58.2 Å². The lowest BCUT2D eigenvalue weighted by Gasteiger charge is -2.46. The molecule has 1 aromatic carbocycles. The average molecular weight is 341 g/mol. The molecule has 0 saturated carbocycles. The van der Waals surface area contributed by atoms with Gasteiger partial charge in [0.05, 0.1) is 19.2 Å². The molecule has 1 fully saturated rings. The molecular formula is C18H29ClN2O2. The zero-order valence-electron chi connectivity index (χ0n) is 15.0. The van der Waals surface area contributed by atoms with Crippen LogP contribution in [0.3, 0.4) is 0 Å². The van der Waals surface area contributed by atoms with Crippen LogP contribution < -0.4 is 20.1 Å². The summed E-state index contributed by atoms with van der Waals surface area (Å²) in [5, 5.41) is 7.95. The molecule has 130 valence electrons. The van der Waals surface area contributed by atoms with E-state index < -0.39 is 0 Å². The second kappa shape index (κ2) is 6.88. The Bertz CT molecular complexity index is 542. The molecule has 0 aliphatic carbocycles. The van der Waals surface area contributed by atoms with Crippen molar-refractivity contribution in [1.29, 1.82) is 0 Å². The Hall–Kier alpha value is -0.970. The smallest absolute Gasteiger partial charge is 0.179 e. The summed E-state index contributed by atoms with van der Waals surface area (Å²) in [7, 11) is 3.23. The number of hydrogen-bond acceptors (Lipinski definition) is 4. The molecule has 0 aromatic heterocycles. The molecule has 0 radical (unpaired) electrons. The molecule has 1 aliphatic heterocycles. The number of nitrogens with one attached hydrogen (secondary N) is 2. The van der Waals surface area contributed by atoms with Gasteiger partial charge in [0.25, 0.3) is 0 Å². The summed E-state index contributed by atoms with van der Waals surface area (Å²) >= 11 is 6.28. The molecule has 1 aromatic rings. The molecule has 23 heavy (non-hydrogen) atoms. The van der Waals surface area contributed by atoms with Gasteiger partial charge >= 0.3 is 0 Å². The molecule has 1 heterocycles. The van der Waals surface area contributed by atoms with Crippen LogP contribution in [-0.4, -0.2) is 31.3 Å². The summed E-state index contributed by atoms with van der Waals surface area (Å²) in [6, 6.07) is 4.38. The number of benzene rings is 1. The Kier molecular flexibility index (Phi) is 5.49. The third kappa shape index (κ3) is 4.75. The van der Waals surface area contributed by atoms with E-state index in [9.17, 15) is 0 Å². The third-order valence-electron chi connectivity index (χ3n) is 4.28. The van der Waals surface area contributed by atoms with E-state index in [1.807, 2.05) is 12.1 Å². The maximum Gasteiger partial charge on any atom is 0.179 e. The molecule has 0 amide bonds. The first-order chi connectivity index (χ1) is 10.7. The van der Waals surface area contributed by atoms with E-state index in [4.69, 9.17) is 21.1 Å². The minimum absolute atomic E-state index is 0.134. The number of halogens is 1. The Morgan fingerprint density at radius 3 is 2.26 bits per heavy atom. The monoisotopic (exact) mass is 340 g/mol. The van der Waals surface area contributed by atoms with E-state index in [1.165, 1.54) is 0 Å². The largest absolute Gasteiger partial charge is 0.493 e. The van der Waals surface area contributed by atoms with Gasteiger partial charge in [-0.1, -0.05) is 11.6 Å². The van der Waals surface area contributed by atoms with Crippen LogP contribution in [0, 0.1) is 0 Å².